The van der Waals surface area contributed by atoms with E-state index < -0.39 is 5.97 Å². The van der Waals surface area contributed by atoms with E-state index in [-0.39, 0.29) is 22.4 Å². The van der Waals surface area contributed by atoms with Crippen molar-refractivity contribution in [3.63, 3.8) is 0 Å². The molecule has 0 radical (unpaired) electrons. The summed E-state index contributed by atoms with van der Waals surface area (Å²) in [6, 6.07) is 0. The van der Waals surface area contributed by atoms with Crippen molar-refractivity contribution in [3.05, 3.63) is 60.8 Å². The number of carboxylic acid groups (broad SMARTS) is 1. The summed E-state index contributed by atoms with van der Waals surface area (Å²) in [6.07, 6.45) is 28.4. The molecular weight excluding hydrogens is 380 g/mol. The summed E-state index contributed by atoms with van der Waals surface area (Å²) >= 11 is 0. The van der Waals surface area contributed by atoms with Crippen LogP contribution in [0, 0.1) is 0 Å². The number of rotatable bonds is 13. The molecule has 3 heteroatoms. The van der Waals surface area contributed by atoms with Crippen LogP contribution in [-0.4, -0.2) is 5.97 Å². The fraction of sp³-hybridized carbons (Fsp3) is 0.450. The number of allylic oxidation sites excluding steroid dienone is 9. The maximum Gasteiger partial charge on any atom is 1.00 e. The molecule has 0 aliphatic carbocycles. The molecule has 23 heavy (non-hydrogen) atoms. The Bertz CT molecular complexity index is 404. The molecule has 2 nitrogen and oxygen atoms in total. The molecule has 132 valence electrons. The van der Waals surface area contributed by atoms with Gasteiger partial charge in [-0.25, -0.2) is 0 Å². The average Bonchev–Trinajstić information content (AvgIpc) is 2.50. The van der Waals surface area contributed by atoms with E-state index in [1.165, 1.54) is 51.0 Å². The van der Waals surface area contributed by atoms with Crippen molar-refractivity contribution in [3.8, 4) is 0 Å². The molecule has 0 aromatic heterocycles. The minimum Gasteiger partial charge on any atom is -0.545 e. The molecule has 0 rings (SSSR count). The summed E-state index contributed by atoms with van der Waals surface area (Å²) in [5.74, 6) is -1.18. The summed E-state index contributed by atoms with van der Waals surface area (Å²) in [6.45, 7) is 2.25. The van der Waals surface area contributed by atoms with Crippen molar-refractivity contribution in [2.45, 2.75) is 58.3 Å². The van der Waals surface area contributed by atoms with E-state index in [1.807, 2.05) is 24.3 Å². The summed E-state index contributed by atoms with van der Waals surface area (Å²) < 4.78 is 0. The number of carbonyl (C=O) groups excluding carboxylic acids is 1. The molecule has 0 aromatic rings. The first-order valence-electron chi connectivity index (χ1n) is 8.31. The molecule has 0 fully saturated rings. The molecule has 0 saturated carbocycles. The Morgan fingerprint density at radius 1 is 0.739 bits per heavy atom. The molecule has 0 N–H and O–H groups in total. The maximum absolute atomic E-state index is 10.1. The van der Waals surface area contributed by atoms with Crippen molar-refractivity contribution >= 4 is 5.97 Å². The molecule has 0 atom stereocenters. The molecule has 0 saturated heterocycles. The van der Waals surface area contributed by atoms with Gasteiger partial charge in [0, 0.05) is 0 Å². The quantitative estimate of drug-likeness (QED) is 0.192. The number of carbonyl (C=O) groups is 1. The molecule has 0 amide bonds. The summed E-state index contributed by atoms with van der Waals surface area (Å²) in [4.78, 5) is 10.1. The fourth-order valence-corrected chi connectivity index (χ4v) is 1.91. The van der Waals surface area contributed by atoms with Crippen molar-refractivity contribution in [2.75, 3.05) is 0 Å². The van der Waals surface area contributed by atoms with Crippen molar-refractivity contribution in [2.24, 2.45) is 0 Å². The minimum atomic E-state index is -1.18. The smallest absolute Gasteiger partial charge is 0.545 e. The largest absolute Gasteiger partial charge is 1.00 e. The third-order valence-electron chi connectivity index (χ3n) is 3.12. The standard InChI is InChI=1S/C20H30O2.Ag/c1-2-3-4-5-6-7-8-9-10-11-12-13-14-15-16-17-18-19-20(21)22;/h10-19H,2-9H2,1H3,(H,21,22);/q;+1/p-1. The molecule has 0 aliphatic rings. The Morgan fingerprint density at radius 2 is 1.22 bits per heavy atom. The first-order valence-corrected chi connectivity index (χ1v) is 8.31. The van der Waals surface area contributed by atoms with Crippen LogP contribution in [-0.2, 0) is 27.2 Å². The van der Waals surface area contributed by atoms with Crippen molar-refractivity contribution in [1.29, 1.82) is 0 Å². The number of carboxylic acids is 1. The maximum atomic E-state index is 10.1. The second-order valence-corrected chi connectivity index (χ2v) is 5.17. The number of aliphatic carboxylic acids is 1. The summed E-state index contributed by atoms with van der Waals surface area (Å²) in [5.41, 5.74) is 0. The molecule has 0 bridgehead atoms. The molecule has 0 aliphatic heterocycles. The SMILES string of the molecule is CCCCCCCCCC=CC=CC=CC=CC=CC(=O)[O-].[Ag+]. The average molecular weight is 409 g/mol. The second kappa shape index (κ2) is 20.9. The normalized spacial score (nSPS) is 12.2. The topological polar surface area (TPSA) is 40.1 Å². The number of hydrogen-bond donors (Lipinski definition) is 0. The zero-order valence-corrected chi connectivity index (χ0v) is 15.5. The van der Waals surface area contributed by atoms with Gasteiger partial charge in [0.15, 0.2) is 0 Å². The van der Waals surface area contributed by atoms with Crippen LogP contribution in [0.15, 0.2) is 60.8 Å². The van der Waals surface area contributed by atoms with E-state index in [2.05, 4.69) is 19.1 Å². The van der Waals surface area contributed by atoms with Gasteiger partial charge in [0.25, 0.3) is 0 Å². The van der Waals surface area contributed by atoms with Gasteiger partial charge in [-0.2, -0.15) is 0 Å². The van der Waals surface area contributed by atoms with Gasteiger partial charge >= 0.3 is 22.4 Å². The van der Waals surface area contributed by atoms with E-state index in [0.29, 0.717) is 0 Å². The minimum absolute atomic E-state index is 0. The van der Waals surface area contributed by atoms with Gasteiger partial charge in [-0.05, 0) is 18.9 Å². The fourth-order valence-electron chi connectivity index (χ4n) is 1.91. The number of hydrogen-bond acceptors (Lipinski definition) is 2. The van der Waals surface area contributed by atoms with Gasteiger partial charge in [-0.1, -0.05) is 100 Å². The van der Waals surface area contributed by atoms with Gasteiger partial charge in [0.05, 0.1) is 5.97 Å². The monoisotopic (exact) mass is 408 g/mol. The zero-order chi connectivity index (χ0) is 16.3. The molecule has 0 heterocycles. The van der Waals surface area contributed by atoms with Crippen LogP contribution in [0.5, 0.6) is 0 Å². The van der Waals surface area contributed by atoms with Crippen LogP contribution in [0.1, 0.15) is 58.3 Å². The van der Waals surface area contributed by atoms with Crippen LogP contribution >= 0.6 is 0 Å². The van der Waals surface area contributed by atoms with Gasteiger partial charge in [-0.15, -0.1) is 0 Å². The molecule has 0 spiro atoms. The van der Waals surface area contributed by atoms with E-state index in [9.17, 15) is 9.90 Å². The number of unbranched alkanes of at least 4 members (excludes halogenated alkanes) is 7. The third kappa shape index (κ3) is 23.3. The Kier molecular flexibility index (Phi) is 22.0. The van der Waals surface area contributed by atoms with E-state index in [0.717, 1.165) is 12.5 Å². The van der Waals surface area contributed by atoms with Gasteiger partial charge in [0.2, 0.25) is 0 Å². The van der Waals surface area contributed by atoms with E-state index in [1.54, 1.807) is 12.2 Å². The molecule has 0 unspecified atom stereocenters. The zero-order valence-electron chi connectivity index (χ0n) is 14.0. The van der Waals surface area contributed by atoms with Crippen LogP contribution < -0.4 is 5.11 Å². The van der Waals surface area contributed by atoms with Gasteiger partial charge < -0.3 is 9.90 Å². The van der Waals surface area contributed by atoms with E-state index in [4.69, 9.17) is 0 Å². The summed E-state index contributed by atoms with van der Waals surface area (Å²) in [5, 5.41) is 10.1. The Labute approximate surface area is 157 Å². The van der Waals surface area contributed by atoms with Crippen molar-refractivity contribution in [1.82, 2.24) is 0 Å². The Hall–Kier alpha value is -1.09. The summed E-state index contributed by atoms with van der Waals surface area (Å²) in [7, 11) is 0. The second-order valence-electron chi connectivity index (χ2n) is 5.17. The van der Waals surface area contributed by atoms with E-state index >= 15 is 0 Å². The first kappa shape index (κ1) is 24.2. The first-order chi connectivity index (χ1) is 10.8. The predicted molar refractivity (Wildman–Crippen MR) is 93.3 cm³/mol. The van der Waals surface area contributed by atoms with Crippen LogP contribution in [0.4, 0.5) is 0 Å². The Morgan fingerprint density at radius 3 is 1.78 bits per heavy atom. The third-order valence-corrected chi connectivity index (χ3v) is 3.12. The van der Waals surface area contributed by atoms with Crippen LogP contribution in [0.3, 0.4) is 0 Å². The molecular formula is C20H29AgO2. The van der Waals surface area contributed by atoms with Gasteiger partial charge in [0.1, 0.15) is 0 Å². The van der Waals surface area contributed by atoms with Gasteiger partial charge in [-0.3, -0.25) is 0 Å². The predicted octanol–water partition coefficient (Wildman–Crippen LogP) is 4.66. The Balaban J connectivity index is 0. The molecule has 0 aromatic carbocycles. The van der Waals surface area contributed by atoms with Crippen LogP contribution in [0.2, 0.25) is 0 Å². The van der Waals surface area contributed by atoms with Crippen molar-refractivity contribution < 1.29 is 32.3 Å². The van der Waals surface area contributed by atoms with Crippen LogP contribution in [0.25, 0.3) is 0 Å².